The lowest BCUT2D eigenvalue weighted by Crippen LogP contribution is -2.13. The van der Waals surface area contributed by atoms with Crippen molar-refractivity contribution in [2.45, 2.75) is 0 Å². The molecule has 0 aliphatic carbocycles. The molecule has 0 amide bonds. The Morgan fingerprint density at radius 3 is 2.48 bits per heavy atom. The number of pyridine rings is 1. The minimum absolute atomic E-state index is 0.153. The zero-order valence-corrected chi connectivity index (χ0v) is 14.3. The van der Waals surface area contributed by atoms with Gasteiger partial charge in [-0.3, -0.25) is 15.0 Å². The molecule has 0 aliphatic rings. The maximum absolute atomic E-state index is 11.3. The van der Waals surface area contributed by atoms with E-state index in [9.17, 15) is 9.90 Å². The number of aromatic carboxylic acids is 1. The molecule has 0 spiro atoms. The van der Waals surface area contributed by atoms with Crippen molar-refractivity contribution < 1.29 is 9.90 Å². The fraction of sp³-hybridized carbons (Fsp3) is 0. The smallest absolute Gasteiger partial charge is 0.337 e. The second kappa shape index (κ2) is 8.32. The van der Waals surface area contributed by atoms with Gasteiger partial charge in [0, 0.05) is 23.8 Å². The minimum Gasteiger partial charge on any atom is -0.478 e. The predicted octanol–water partition coefficient (Wildman–Crippen LogP) is 4.07. The van der Waals surface area contributed by atoms with E-state index in [0.717, 1.165) is 10.9 Å². The minimum atomic E-state index is -1.02. The van der Waals surface area contributed by atoms with E-state index in [1.807, 2.05) is 36.4 Å². The molecular formula is C21H16N4O2. The summed E-state index contributed by atoms with van der Waals surface area (Å²) in [5.41, 5.74) is 2.13. The summed E-state index contributed by atoms with van der Waals surface area (Å²) in [7, 11) is 0. The fourth-order valence-electron chi connectivity index (χ4n) is 2.51. The van der Waals surface area contributed by atoms with E-state index < -0.39 is 5.97 Å². The number of fused-ring (bicyclic) bond motifs is 1. The lowest BCUT2D eigenvalue weighted by Gasteiger charge is -2.19. The van der Waals surface area contributed by atoms with E-state index in [1.54, 1.807) is 36.8 Å². The number of hydrogen-bond acceptors (Lipinski definition) is 4. The average Bonchev–Trinajstić information content (AvgIpc) is 3.19. The van der Waals surface area contributed by atoms with Gasteiger partial charge in [-0.05, 0) is 42.5 Å². The molecular weight excluding hydrogens is 340 g/mol. The number of nitrogens with one attached hydrogen (secondary N) is 1. The highest BCUT2D eigenvalue weighted by molar-refractivity contribution is 5.97. The van der Waals surface area contributed by atoms with Gasteiger partial charge in [0.05, 0.1) is 28.7 Å². The number of aromatic amines is 1. The van der Waals surface area contributed by atoms with Crippen LogP contribution in [-0.4, -0.2) is 26.3 Å². The first-order valence-electron chi connectivity index (χ1n) is 8.07. The summed E-state index contributed by atoms with van der Waals surface area (Å²) in [6.07, 6.45) is 10.8. The number of terminal acetylenes is 1. The quantitative estimate of drug-likeness (QED) is 0.427. The first-order valence-corrected chi connectivity index (χ1v) is 8.07. The van der Waals surface area contributed by atoms with Gasteiger partial charge in [-0.2, -0.15) is 5.10 Å². The Bertz CT molecular complexity index is 1060. The van der Waals surface area contributed by atoms with E-state index in [1.165, 1.54) is 11.0 Å². The fourth-order valence-corrected chi connectivity index (χ4v) is 2.51. The number of carbonyl (C=O) groups is 1. The van der Waals surface area contributed by atoms with Crippen molar-refractivity contribution in [3.8, 4) is 12.5 Å². The Balaban J connectivity index is 0.000000299. The molecule has 0 atom stereocenters. The van der Waals surface area contributed by atoms with Crippen molar-refractivity contribution in [3.63, 3.8) is 0 Å². The molecule has 2 aromatic heterocycles. The van der Waals surface area contributed by atoms with Crippen LogP contribution in [0, 0.1) is 12.5 Å². The normalized spacial score (nSPS) is 9.74. The number of anilines is 2. The van der Waals surface area contributed by atoms with Gasteiger partial charge >= 0.3 is 5.97 Å². The van der Waals surface area contributed by atoms with Gasteiger partial charge in [-0.15, -0.1) is 0 Å². The molecule has 2 heterocycles. The van der Waals surface area contributed by atoms with Crippen molar-refractivity contribution in [2.24, 2.45) is 0 Å². The molecule has 27 heavy (non-hydrogen) atoms. The Hall–Kier alpha value is -4.11. The number of nitrogens with zero attached hydrogens (tertiary/aromatic N) is 3. The van der Waals surface area contributed by atoms with Crippen molar-refractivity contribution in [2.75, 3.05) is 4.90 Å². The second-order valence-corrected chi connectivity index (χ2v) is 5.45. The van der Waals surface area contributed by atoms with E-state index in [0.29, 0.717) is 11.4 Å². The number of hydrogen-bond donors (Lipinski definition) is 2. The summed E-state index contributed by atoms with van der Waals surface area (Å²) in [6, 6.07) is 20.4. The molecule has 2 aromatic carbocycles. The summed E-state index contributed by atoms with van der Waals surface area (Å²) < 4.78 is 0. The van der Waals surface area contributed by atoms with Crippen molar-refractivity contribution in [3.05, 3.63) is 84.8 Å². The SMILES string of the molecule is C#CN(c1ccc2cn[nH]c2c1)c1ccccc1C(=O)O.c1ccncc1. The van der Waals surface area contributed by atoms with Crippen LogP contribution >= 0.6 is 0 Å². The molecule has 6 heteroatoms. The third kappa shape index (κ3) is 4.11. The van der Waals surface area contributed by atoms with Crippen molar-refractivity contribution >= 4 is 28.2 Å². The molecule has 0 saturated heterocycles. The molecule has 0 saturated carbocycles. The van der Waals surface area contributed by atoms with Crippen LogP contribution < -0.4 is 4.90 Å². The van der Waals surface area contributed by atoms with Crippen molar-refractivity contribution in [1.82, 2.24) is 15.2 Å². The molecule has 6 nitrogen and oxygen atoms in total. The molecule has 0 radical (unpaired) electrons. The lowest BCUT2D eigenvalue weighted by molar-refractivity contribution is 0.0698. The summed E-state index contributed by atoms with van der Waals surface area (Å²) >= 11 is 0. The van der Waals surface area contributed by atoms with E-state index in [4.69, 9.17) is 6.42 Å². The van der Waals surface area contributed by atoms with Crippen LogP contribution in [0.2, 0.25) is 0 Å². The molecule has 0 unspecified atom stereocenters. The van der Waals surface area contributed by atoms with Gasteiger partial charge < -0.3 is 5.11 Å². The van der Waals surface area contributed by atoms with Gasteiger partial charge in [0.2, 0.25) is 0 Å². The number of rotatable bonds is 3. The molecule has 4 aromatic rings. The topological polar surface area (TPSA) is 82.1 Å². The maximum atomic E-state index is 11.3. The van der Waals surface area contributed by atoms with E-state index in [-0.39, 0.29) is 5.56 Å². The number of carboxylic acids is 1. The van der Waals surface area contributed by atoms with Crippen LogP contribution in [0.3, 0.4) is 0 Å². The summed E-state index contributed by atoms with van der Waals surface area (Å²) in [4.78, 5) is 16.6. The van der Waals surface area contributed by atoms with Crippen LogP contribution in [0.4, 0.5) is 11.4 Å². The zero-order valence-electron chi connectivity index (χ0n) is 14.3. The lowest BCUT2D eigenvalue weighted by atomic mass is 10.1. The van der Waals surface area contributed by atoms with Gasteiger partial charge in [0.1, 0.15) is 0 Å². The highest BCUT2D eigenvalue weighted by atomic mass is 16.4. The number of aromatic nitrogens is 3. The molecule has 132 valence electrons. The summed E-state index contributed by atoms with van der Waals surface area (Å²) in [5, 5.41) is 17.1. The summed E-state index contributed by atoms with van der Waals surface area (Å²) in [5.74, 6) is -1.02. The highest BCUT2D eigenvalue weighted by Crippen LogP contribution is 2.29. The standard InChI is InChI=1S/C16H11N3O2.C5H5N/c1-2-19(15-6-4-3-5-13(15)16(20)21)12-8-7-11-10-17-18-14(11)9-12;1-2-4-6-5-3-1/h1,3-10H,(H,17,18)(H,20,21);1-5H. The van der Waals surface area contributed by atoms with Gasteiger partial charge in [0.25, 0.3) is 0 Å². The average molecular weight is 356 g/mol. The van der Waals surface area contributed by atoms with E-state index in [2.05, 4.69) is 21.2 Å². The van der Waals surface area contributed by atoms with Gasteiger partial charge in [-0.1, -0.05) is 24.6 Å². The second-order valence-electron chi connectivity index (χ2n) is 5.45. The van der Waals surface area contributed by atoms with E-state index >= 15 is 0 Å². The first kappa shape index (κ1) is 17.7. The Morgan fingerprint density at radius 1 is 1.07 bits per heavy atom. The van der Waals surface area contributed by atoms with Crippen LogP contribution in [0.15, 0.2) is 79.3 Å². The molecule has 0 aliphatic heterocycles. The number of para-hydroxylation sites is 1. The Labute approximate surface area is 156 Å². The monoisotopic (exact) mass is 356 g/mol. The summed E-state index contributed by atoms with van der Waals surface area (Å²) in [6.45, 7) is 0. The van der Waals surface area contributed by atoms with Gasteiger partial charge in [-0.25, -0.2) is 4.79 Å². The molecule has 0 fully saturated rings. The predicted molar refractivity (Wildman–Crippen MR) is 105 cm³/mol. The Morgan fingerprint density at radius 2 is 1.85 bits per heavy atom. The molecule has 2 N–H and O–H groups in total. The first-order chi connectivity index (χ1) is 13.2. The third-order valence-corrected chi connectivity index (χ3v) is 3.75. The third-order valence-electron chi connectivity index (χ3n) is 3.75. The van der Waals surface area contributed by atoms with Crippen molar-refractivity contribution in [1.29, 1.82) is 0 Å². The van der Waals surface area contributed by atoms with Crippen LogP contribution in [0.25, 0.3) is 10.9 Å². The largest absolute Gasteiger partial charge is 0.478 e. The number of carboxylic acid groups (broad SMARTS) is 1. The maximum Gasteiger partial charge on any atom is 0.337 e. The number of benzene rings is 2. The van der Waals surface area contributed by atoms with Crippen LogP contribution in [-0.2, 0) is 0 Å². The van der Waals surface area contributed by atoms with Crippen LogP contribution in [0.5, 0.6) is 0 Å². The molecule has 4 rings (SSSR count). The Kier molecular flexibility index (Phi) is 5.45. The molecule has 0 bridgehead atoms. The number of H-pyrrole nitrogens is 1. The van der Waals surface area contributed by atoms with Crippen LogP contribution in [0.1, 0.15) is 10.4 Å². The van der Waals surface area contributed by atoms with Gasteiger partial charge in [0.15, 0.2) is 0 Å². The zero-order chi connectivity index (χ0) is 19.1. The highest BCUT2D eigenvalue weighted by Gasteiger charge is 2.16.